The van der Waals surface area contributed by atoms with Gasteiger partial charge in [-0.3, -0.25) is 9.59 Å². The van der Waals surface area contributed by atoms with E-state index in [2.05, 4.69) is 10.3 Å². The van der Waals surface area contributed by atoms with Crippen LogP contribution in [0.1, 0.15) is 10.5 Å². The number of hydrogen-bond acceptors (Lipinski definition) is 3. The van der Waals surface area contributed by atoms with E-state index in [-0.39, 0.29) is 0 Å². The van der Waals surface area contributed by atoms with E-state index >= 15 is 0 Å². The number of aliphatic carboxylic acids is 1. The van der Waals surface area contributed by atoms with Gasteiger partial charge < -0.3 is 20.1 Å². The largest absolute Gasteiger partial charge is 0.496 e. The third-order valence-corrected chi connectivity index (χ3v) is 2.49. The van der Waals surface area contributed by atoms with E-state index in [0.29, 0.717) is 11.4 Å². The lowest BCUT2D eigenvalue weighted by Crippen LogP contribution is -2.29. The van der Waals surface area contributed by atoms with E-state index in [1.54, 1.807) is 25.3 Å². The molecule has 0 saturated carbocycles. The number of carbonyl (C=O) groups excluding carboxylic acids is 1. The molecule has 0 atom stereocenters. The standard InChI is InChI=1S/C12H12N2O4/c1-18-10-4-2-3-8-7(10)5-9(14-8)12(17)13-6-11(15)16/h2-5,14H,6H2,1H3,(H,13,17)(H,15,16). The van der Waals surface area contributed by atoms with Crippen LogP contribution in [0, 0.1) is 0 Å². The molecule has 0 saturated heterocycles. The first-order valence-electron chi connectivity index (χ1n) is 5.27. The molecular formula is C12H12N2O4. The van der Waals surface area contributed by atoms with Crippen LogP contribution in [0.5, 0.6) is 5.75 Å². The molecule has 1 heterocycles. The number of amides is 1. The average molecular weight is 248 g/mol. The predicted octanol–water partition coefficient (Wildman–Crippen LogP) is 0.991. The molecule has 0 aliphatic rings. The van der Waals surface area contributed by atoms with Crippen LogP contribution in [-0.4, -0.2) is 35.6 Å². The van der Waals surface area contributed by atoms with Crippen molar-refractivity contribution in [3.05, 3.63) is 30.0 Å². The van der Waals surface area contributed by atoms with Crippen LogP contribution in [-0.2, 0) is 4.79 Å². The number of benzene rings is 1. The van der Waals surface area contributed by atoms with Crippen LogP contribution in [0.2, 0.25) is 0 Å². The zero-order valence-corrected chi connectivity index (χ0v) is 9.69. The van der Waals surface area contributed by atoms with Gasteiger partial charge in [0.05, 0.1) is 7.11 Å². The lowest BCUT2D eigenvalue weighted by molar-refractivity contribution is -0.135. The lowest BCUT2D eigenvalue weighted by Gasteiger charge is -1.99. The van der Waals surface area contributed by atoms with Crippen LogP contribution in [0.25, 0.3) is 10.9 Å². The molecule has 0 bridgehead atoms. The van der Waals surface area contributed by atoms with Gasteiger partial charge in [-0.25, -0.2) is 0 Å². The summed E-state index contributed by atoms with van der Waals surface area (Å²) in [5.74, 6) is -0.895. The van der Waals surface area contributed by atoms with Gasteiger partial charge in [0.25, 0.3) is 5.91 Å². The Morgan fingerprint density at radius 1 is 1.44 bits per heavy atom. The van der Waals surface area contributed by atoms with E-state index in [4.69, 9.17) is 9.84 Å². The van der Waals surface area contributed by atoms with Crippen molar-refractivity contribution in [2.75, 3.05) is 13.7 Å². The van der Waals surface area contributed by atoms with Gasteiger partial charge in [-0.1, -0.05) is 6.07 Å². The molecule has 0 unspecified atom stereocenters. The Labute approximate surface area is 103 Å². The predicted molar refractivity (Wildman–Crippen MR) is 64.8 cm³/mol. The molecule has 3 N–H and O–H groups in total. The summed E-state index contributed by atoms with van der Waals surface area (Å²) in [5.41, 5.74) is 1.06. The topological polar surface area (TPSA) is 91.4 Å². The maximum absolute atomic E-state index is 11.7. The molecule has 6 heteroatoms. The maximum Gasteiger partial charge on any atom is 0.322 e. The fourth-order valence-electron chi connectivity index (χ4n) is 1.68. The Morgan fingerprint density at radius 3 is 2.89 bits per heavy atom. The number of hydrogen-bond donors (Lipinski definition) is 3. The number of aromatic amines is 1. The van der Waals surface area contributed by atoms with Gasteiger partial charge in [0.15, 0.2) is 0 Å². The Bertz CT molecular complexity index is 603. The van der Waals surface area contributed by atoms with E-state index < -0.39 is 18.4 Å². The Morgan fingerprint density at radius 2 is 2.22 bits per heavy atom. The summed E-state index contributed by atoms with van der Waals surface area (Å²) in [6, 6.07) is 7.03. The highest BCUT2D eigenvalue weighted by Crippen LogP contribution is 2.25. The summed E-state index contributed by atoms with van der Waals surface area (Å²) in [5, 5.41) is 11.6. The molecule has 2 aromatic rings. The molecule has 0 radical (unpaired) electrons. The van der Waals surface area contributed by atoms with E-state index in [1.165, 1.54) is 0 Å². The van der Waals surface area contributed by atoms with Crippen molar-refractivity contribution in [1.29, 1.82) is 0 Å². The molecule has 0 spiro atoms. The van der Waals surface area contributed by atoms with Crippen LogP contribution in [0.3, 0.4) is 0 Å². The number of ether oxygens (including phenoxy) is 1. The highest BCUT2D eigenvalue weighted by atomic mass is 16.5. The van der Waals surface area contributed by atoms with Crippen molar-refractivity contribution in [1.82, 2.24) is 10.3 Å². The van der Waals surface area contributed by atoms with Gasteiger partial charge in [0, 0.05) is 10.9 Å². The number of H-pyrrole nitrogens is 1. The Hall–Kier alpha value is -2.50. The summed E-state index contributed by atoms with van der Waals surface area (Å²) < 4.78 is 5.17. The highest BCUT2D eigenvalue weighted by molar-refractivity contribution is 6.00. The van der Waals surface area contributed by atoms with Crippen LogP contribution in [0.4, 0.5) is 0 Å². The molecule has 1 aromatic carbocycles. The van der Waals surface area contributed by atoms with Crippen molar-refractivity contribution in [2.45, 2.75) is 0 Å². The quantitative estimate of drug-likeness (QED) is 0.752. The molecule has 1 amide bonds. The third-order valence-electron chi connectivity index (χ3n) is 2.49. The minimum Gasteiger partial charge on any atom is -0.496 e. The monoisotopic (exact) mass is 248 g/mol. The van der Waals surface area contributed by atoms with E-state index in [9.17, 15) is 9.59 Å². The van der Waals surface area contributed by atoms with Crippen LogP contribution < -0.4 is 10.1 Å². The molecule has 18 heavy (non-hydrogen) atoms. The van der Waals surface area contributed by atoms with Gasteiger partial charge in [-0.2, -0.15) is 0 Å². The molecule has 2 rings (SSSR count). The van der Waals surface area contributed by atoms with E-state index in [0.717, 1.165) is 10.9 Å². The minimum atomic E-state index is -1.09. The summed E-state index contributed by atoms with van der Waals surface area (Å²) in [6.45, 7) is -0.411. The summed E-state index contributed by atoms with van der Waals surface area (Å²) >= 11 is 0. The average Bonchev–Trinajstić information content (AvgIpc) is 2.79. The zero-order valence-electron chi connectivity index (χ0n) is 9.69. The molecule has 94 valence electrons. The lowest BCUT2D eigenvalue weighted by atomic mass is 10.2. The number of fused-ring (bicyclic) bond motifs is 1. The van der Waals surface area contributed by atoms with Crippen LogP contribution in [0.15, 0.2) is 24.3 Å². The minimum absolute atomic E-state index is 0.302. The first-order valence-corrected chi connectivity index (χ1v) is 5.27. The summed E-state index contributed by atoms with van der Waals surface area (Å²) in [4.78, 5) is 24.9. The van der Waals surface area contributed by atoms with Crippen molar-refractivity contribution in [2.24, 2.45) is 0 Å². The SMILES string of the molecule is COc1cccc2[nH]c(C(=O)NCC(=O)O)cc12. The number of carbonyl (C=O) groups is 2. The Balaban J connectivity index is 2.29. The van der Waals surface area contributed by atoms with E-state index in [1.807, 2.05) is 6.07 Å². The van der Waals surface area contributed by atoms with Crippen molar-refractivity contribution in [3.63, 3.8) is 0 Å². The second kappa shape index (κ2) is 4.79. The number of carboxylic acids is 1. The van der Waals surface area contributed by atoms with Crippen LogP contribution >= 0.6 is 0 Å². The molecule has 0 fully saturated rings. The highest BCUT2D eigenvalue weighted by Gasteiger charge is 2.12. The summed E-state index contributed by atoms with van der Waals surface area (Å²) in [7, 11) is 1.55. The number of nitrogens with one attached hydrogen (secondary N) is 2. The first-order chi connectivity index (χ1) is 8.61. The van der Waals surface area contributed by atoms with Gasteiger partial charge in [0.2, 0.25) is 0 Å². The normalized spacial score (nSPS) is 10.3. The van der Waals surface area contributed by atoms with Gasteiger partial charge in [-0.05, 0) is 18.2 Å². The zero-order chi connectivity index (χ0) is 13.1. The molecule has 0 aliphatic heterocycles. The fourth-order valence-corrected chi connectivity index (χ4v) is 1.68. The Kier molecular flexibility index (Phi) is 3.18. The van der Waals surface area contributed by atoms with Gasteiger partial charge in [-0.15, -0.1) is 0 Å². The molecular weight excluding hydrogens is 236 g/mol. The molecule has 1 aromatic heterocycles. The fraction of sp³-hybridized carbons (Fsp3) is 0.167. The molecule has 6 nitrogen and oxygen atoms in total. The summed E-state index contributed by atoms with van der Waals surface area (Å²) in [6.07, 6.45) is 0. The number of aromatic nitrogens is 1. The second-order valence-corrected chi connectivity index (χ2v) is 3.68. The number of methoxy groups -OCH3 is 1. The second-order valence-electron chi connectivity index (χ2n) is 3.68. The van der Waals surface area contributed by atoms with Gasteiger partial charge >= 0.3 is 5.97 Å². The van der Waals surface area contributed by atoms with Crippen molar-refractivity contribution < 1.29 is 19.4 Å². The first kappa shape index (κ1) is 12.0. The number of carboxylic acid groups (broad SMARTS) is 1. The third kappa shape index (κ3) is 2.27. The smallest absolute Gasteiger partial charge is 0.322 e. The maximum atomic E-state index is 11.7. The van der Waals surface area contributed by atoms with Crippen molar-refractivity contribution >= 4 is 22.8 Å². The molecule has 0 aliphatic carbocycles. The van der Waals surface area contributed by atoms with Crippen molar-refractivity contribution in [3.8, 4) is 5.75 Å². The number of rotatable bonds is 4. The van der Waals surface area contributed by atoms with Gasteiger partial charge in [0.1, 0.15) is 18.0 Å².